The van der Waals surface area contributed by atoms with Crippen LogP contribution in [0.3, 0.4) is 0 Å². The van der Waals surface area contributed by atoms with Crippen molar-refractivity contribution >= 4 is 11.9 Å². The predicted octanol–water partition coefficient (Wildman–Crippen LogP) is 1.46. The summed E-state index contributed by atoms with van der Waals surface area (Å²) in [5, 5.41) is 6.46. The van der Waals surface area contributed by atoms with Crippen molar-refractivity contribution in [2.75, 3.05) is 65.4 Å². The summed E-state index contributed by atoms with van der Waals surface area (Å²) in [5.74, 6) is 2.56. The van der Waals surface area contributed by atoms with E-state index < -0.39 is 0 Å². The number of rotatable bonds is 8. The molecule has 2 fully saturated rings. The van der Waals surface area contributed by atoms with Crippen LogP contribution in [0.1, 0.15) is 47.5 Å². The molecule has 168 valence electrons. The van der Waals surface area contributed by atoms with Crippen molar-refractivity contribution in [3.05, 3.63) is 0 Å². The van der Waals surface area contributed by atoms with Crippen LogP contribution in [0.2, 0.25) is 0 Å². The number of hydrogen-bond donors (Lipinski definition) is 2. The van der Waals surface area contributed by atoms with Gasteiger partial charge in [-0.3, -0.25) is 14.7 Å². The van der Waals surface area contributed by atoms with Gasteiger partial charge in [-0.1, -0.05) is 13.8 Å². The first-order chi connectivity index (χ1) is 13.9. The van der Waals surface area contributed by atoms with Crippen molar-refractivity contribution in [2.45, 2.75) is 53.5 Å². The highest BCUT2D eigenvalue weighted by molar-refractivity contribution is 5.80. The smallest absolute Gasteiger partial charge is 0.234 e. The minimum absolute atomic E-state index is 0.122. The largest absolute Gasteiger partial charge is 0.357 e. The van der Waals surface area contributed by atoms with Crippen LogP contribution < -0.4 is 10.6 Å². The summed E-state index contributed by atoms with van der Waals surface area (Å²) in [7, 11) is 0. The zero-order valence-electron chi connectivity index (χ0n) is 19.4. The lowest BCUT2D eigenvalue weighted by Crippen LogP contribution is -2.54. The summed E-state index contributed by atoms with van der Waals surface area (Å²) in [5.41, 5.74) is 0. The second kappa shape index (κ2) is 12.4. The molecule has 0 aromatic heterocycles. The quantitative estimate of drug-likeness (QED) is 0.470. The van der Waals surface area contributed by atoms with E-state index in [0.29, 0.717) is 12.5 Å². The minimum Gasteiger partial charge on any atom is -0.357 e. The first-order valence-electron chi connectivity index (χ1n) is 11.6. The number of amides is 1. The minimum atomic E-state index is 0.122. The summed E-state index contributed by atoms with van der Waals surface area (Å²) in [6.45, 7) is 20.3. The van der Waals surface area contributed by atoms with E-state index in [4.69, 9.17) is 4.99 Å². The van der Waals surface area contributed by atoms with Gasteiger partial charge in [-0.25, -0.2) is 0 Å². The molecular formula is C22H44N6O. The molecule has 2 heterocycles. The van der Waals surface area contributed by atoms with Crippen LogP contribution in [0.15, 0.2) is 4.99 Å². The van der Waals surface area contributed by atoms with Gasteiger partial charge in [0.2, 0.25) is 5.91 Å². The van der Waals surface area contributed by atoms with Gasteiger partial charge in [-0.15, -0.1) is 0 Å². The Hall–Kier alpha value is -1.34. The van der Waals surface area contributed by atoms with E-state index in [-0.39, 0.29) is 11.9 Å². The topological polar surface area (TPSA) is 63.2 Å². The third-order valence-electron chi connectivity index (χ3n) is 5.55. The third kappa shape index (κ3) is 8.91. The van der Waals surface area contributed by atoms with Crippen molar-refractivity contribution in [1.82, 2.24) is 25.3 Å². The Labute approximate surface area is 178 Å². The lowest BCUT2D eigenvalue weighted by atomic mass is 9.97. The Balaban J connectivity index is 1.82. The van der Waals surface area contributed by atoms with Gasteiger partial charge in [0.25, 0.3) is 0 Å². The number of piperidine rings is 1. The van der Waals surface area contributed by atoms with Gasteiger partial charge >= 0.3 is 0 Å². The first-order valence-corrected chi connectivity index (χ1v) is 11.6. The number of guanidine groups is 1. The molecule has 2 rings (SSSR count). The van der Waals surface area contributed by atoms with Crippen molar-refractivity contribution in [3.8, 4) is 0 Å². The second-order valence-electron chi connectivity index (χ2n) is 9.34. The van der Waals surface area contributed by atoms with E-state index in [2.05, 4.69) is 46.1 Å². The number of carbonyl (C=O) groups excluding carboxylic acids is 1. The number of likely N-dealkylation sites (tertiary alicyclic amines) is 1. The molecule has 0 radical (unpaired) electrons. The van der Waals surface area contributed by atoms with Gasteiger partial charge in [0, 0.05) is 58.4 Å². The predicted molar refractivity (Wildman–Crippen MR) is 121 cm³/mol. The molecule has 0 spiro atoms. The summed E-state index contributed by atoms with van der Waals surface area (Å²) in [6.07, 6.45) is 2.58. The standard InChI is InChI=1S/C22H44N6O/c1-6-23-22(24-14-20-8-7-9-27(16-20)15-18(2)3)28-12-10-26(11-13-28)17-21(29)25-19(4)5/h18-20H,6-17H2,1-5H3,(H,23,24)(H,25,29). The monoisotopic (exact) mass is 408 g/mol. The van der Waals surface area contributed by atoms with Crippen molar-refractivity contribution in [3.63, 3.8) is 0 Å². The zero-order valence-corrected chi connectivity index (χ0v) is 19.4. The number of carbonyl (C=O) groups is 1. The Morgan fingerprint density at radius 1 is 1.07 bits per heavy atom. The Bertz CT molecular complexity index is 513. The van der Waals surface area contributed by atoms with Crippen LogP contribution in [-0.4, -0.2) is 98.1 Å². The van der Waals surface area contributed by atoms with Gasteiger partial charge in [-0.2, -0.15) is 0 Å². The molecule has 0 aromatic carbocycles. The van der Waals surface area contributed by atoms with Gasteiger partial charge in [0.1, 0.15) is 0 Å². The molecule has 0 aromatic rings. The molecule has 1 atom stereocenters. The summed E-state index contributed by atoms with van der Waals surface area (Å²) < 4.78 is 0. The first kappa shape index (κ1) is 23.9. The Morgan fingerprint density at radius 3 is 2.41 bits per heavy atom. The van der Waals surface area contributed by atoms with Crippen LogP contribution >= 0.6 is 0 Å². The molecule has 7 heteroatoms. The number of nitrogens with zero attached hydrogens (tertiary/aromatic N) is 4. The molecule has 0 saturated carbocycles. The summed E-state index contributed by atoms with van der Waals surface area (Å²) >= 11 is 0. The van der Waals surface area contributed by atoms with Crippen LogP contribution in [-0.2, 0) is 4.79 Å². The fraction of sp³-hybridized carbons (Fsp3) is 0.909. The lowest BCUT2D eigenvalue weighted by Gasteiger charge is -2.37. The average molecular weight is 409 g/mol. The highest BCUT2D eigenvalue weighted by Crippen LogP contribution is 2.18. The molecule has 2 aliphatic rings. The number of aliphatic imine (C=N–C) groups is 1. The molecule has 2 saturated heterocycles. The van der Waals surface area contributed by atoms with E-state index in [1.54, 1.807) is 0 Å². The van der Waals surface area contributed by atoms with E-state index in [1.165, 1.54) is 32.5 Å². The van der Waals surface area contributed by atoms with Crippen LogP contribution in [0, 0.1) is 11.8 Å². The molecule has 7 nitrogen and oxygen atoms in total. The van der Waals surface area contributed by atoms with Gasteiger partial charge in [-0.05, 0) is 52.0 Å². The highest BCUT2D eigenvalue weighted by Gasteiger charge is 2.23. The molecule has 1 unspecified atom stereocenters. The number of piperazine rings is 1. The van der Waals surface area contributed by atoms with Crippen molar-refractivity contribution < 1.29 is 4.79 Å². The van der Waals surface area contributed by atoms with Gasteiger partial charge < -0.3 is 20.4 Å². The zero-order chi connectivity index (χ0) is 21.2. The maximum absolute atomic E-state index is 12.0. The fourth-order valence-electron chi connectivity index (χ4n) is 4.31. The molecule has 0 aliphatic carbocycles. The molecule has 1 amide bonds. The van der Waals surface area contributed by atoms with Gasteiger partial charge in [0.15, 0.2) is 5.96 Å². The third-order valence-corrected chi connectivity index (χ3v) is 5.55. The molecule has 0 bridgehead atoms. The van der Waals surface area contributed by atoms with Crippen LogP contribution in [0.4, 0.5) is 0 Å². The van der Waals surface area contributed by atoms with Crippen molar-refractivity contribution in [1.29, 1.82) is 0 Å². The molecule has 29 heavy (non-hydrogen) atoms. The Kier molecular flexibility index (Phi) is 10.2. The average Bonchev–Trinajstić information content (AvgIpc) is 2.65. The maximum Gasteiger partial charge on any atom is 0.234 e. The summed E-state index contributed by atoms with van der Waals surface area (Å²) in [4.78, 5) is 24.2. The SMILES string of the molecule is CCNC(=NCC1CCCN(CC(C)C)C1)N1CCN(CC(=O)NC(C)C)CC1. The van der Waals surface area contributed by atoms with Crippen molar-refractivity contribution in [2.24, 2.45) is 16.8 Å². The second-order valence-corrected chi connectivity index (χ2v) is 9.34. The van der Waals surface area contributed by atoms with Crippen LogP contribution in [0.25, 0.3) is 0 Å². The van der Waals surface area contributed by atoms with E-state index in [1.807, 2.05) is 13.8 Å². The number of nitrogens with one attached hydrogen (secondary N) is 2. The maximum atomic E-state index is 12.0. The van der Waals surface area contributed by atoms with E-state index in [0.717, 1.165) is 51.1 Å². The molecule has 2 aliphatic heterocycles. The summed E-state index contributed by atoms with van der Waals surface area (Å²) in [6, 6.07) is 0.201. The number of hydrogen-bond acceptors (Lipinski definition) is 4. The molecule has 2 N–H and O–H groups in total. The normalized spacial score (nSPS) is 22.4. The van der Waals surface area contributed by atoms with Gasteiger partial charge in [0.05, 0.1) is 6.54 Å². The fourth-order valence-corrected chi connectivity index (χ4v) is 4.31. The van der Waals surface area contributed by atoms with E-state index >= 15 is 0 Å². The van der Waals surface area contributed by atoms with E-state index in [9.17, 15) is 4.79 Å². The Morgan fingerprint density at radius 2 is 1.79 bits per heavy atom. The van der Waals surface area contributed by atoms with Crippen LogP contribution in [0.5, 0.6) is 0 Å². The molecular weight excluding hydrogens is 364 g/mol. The highest BCUT2D eigenvalue weighted by atomic mass is 16.2. The lowest BCUT2D eigenvalue weighted by molar-refractivity contribution is -0.123.